The van der Waals surface area contributed by atoms with Crippen molar-refractivity contribution in [3.8, 4) is 5.75 Å². The van der Waals surface area contributed by atoms with Crippen molar-refractivity contribution in [1.82, 2.24) is 5.32 Å². The number of carbonyl (C=O) groups is 1. The standard InChI is InChI=1S/C24H33NO2/c1-16(2)27-22-7-4-18(5-8-22)6-9-23(26)25-17(3)24-13-19-10-20(14-24)12-21(11-19)15-24/h4-9,16-17,19-21H,10-15H2,1-3H3,(H,25,26)/b9-6+/t17-,19?,20?,21?,24?/m1/s1. The summed E-state index contributed by atoms with van der Waals surface area (Å²) in [6.07, 6.45) is 12.0. The maximum Gasteiger partial charge on any atom is 0.244 e. The van der Waals surface area contributed by atoms with Gasteiger partial charge in [-0.3, -0.25) is 4.79 Å². The summed E-state index contributed by atoms with van der Waals surface area (Å²) in [6.45, 7) is 6.27. The molecule has 4 aliphatic rings. The minimum Gasteiger partial charge on any atom is -0.491 e. The van der Waals surface area contributed by atoms with E-state index in [0.717, 1.165) is 29.1 Å². The van der Waals surface area contributed by atoms with E-state index in [1.807, 2.05) is 44.2 Å². The Balaban J connectivity index is 1.34. The van der Waals surface area contributed by atoms with Crippen molar-refractivity contribution in [2.24, 2.45) is 23.2 Å². The van der Waals surface area contributed by atoms with Crippen LogP contribution in [0.2, 0.25) is 0 Å². The van der Waals surface area contributed by atoms with Gasteiger partial charge < -0.3 is 10.1 Å². The predicted molar refractivity (Wildman–Crippen MR) is 109 cm³/mol. The molecule has 1 amide bonds. The van der Waals surface area contributed by atoms with Crippen LogP contribution in [0.5, 0.6) is 5.75 Å². The predicted octanol–water partition coefficient (Wildman–Crippen LogP) is 5.21. The van der Waals surface area contributed by atoms with Gasteiger partial charge in [-0.1, -0.05) is 12.1 Å². The van der Waals surface area contributed by atoms with Gasteiger partial charge in [-0.25, -0.2) is 0 Å². The lowest BCUT2D eigenvalue weighted by Crippen LogP contribution is -2.55. The highest BCUT2D eigenvalue weighted by Gasteiger charge is 2.53. The molecule has 1 N–H and O–H groups in total. The number of nitrogens with one attached hydrogen (secondary N) is 1. The molecular formula is C24H33NO2. The van der Waals surface area contributed by atoms with Gasteiger partial charge in [0.1, 0.15) is 5.75 Å². The normalized spacial score (nSPS) is 32.8. The van der Waals surface area contributed by atoms with E-state index >= 15 is 0 Å². The lowest BCUT2D eigenvalue weighted by molar-refractivity contribution is -0.121. The Morgan fingerprint density at radius 2 is 1.59 bits per heavy atom. The molecule has 4 aliphatic carbocycles. The minimum absolute atomic E-state index is 0.0285. The number of hydrogen-bond donors (Lipinski definition) is 1. The summed E-state index contributed by atoms with van der Waals surface area (Å²) in [5.41, 5.74) is 1.37. The van der Waals surface area contributed by atoms with Crippen molar-refractivity contribution in [2.75, 3.05) is 0 Å². The molecule has 0 saturated heterocycles. The number of benzene rings is 1. The van der Waals surface area contributed by atoms with Gasteiger partial charge in [-0.15, -0.1) is 0 Å². The Hall–Kier alpha value is -1.77. The first-order valence-corrected chi connectivity index (χ1v) is 10.7. The average Bonchev–Trinajstić information content (AvgIpc) is 2.59. The lowest BCUT2D eigenvalue weighted by Gasteiger charge is -2.59. The molecule has 0 heterocycles. The summed E-state index contributed by atoms with van der Waals surface area (Å²) in [7, 11) is 0. The fourth-order valence-corrected chi connectivity index (χ4v) is 6.22. The summed E-state index contributed by atoms with van der Waals surface area (Å²) >= 11 is 0. The summed E-state index contributed by atoms with van der Waals surface area (Å²) in [4.78, 5) is 12.5. The molecule has 1 atom stereocenters. The lowest BCUT2D eigenvalue weighted by atomic mass is 9.48. The number of amides is 1. The van der Waals surface area contributed by atoms with Gasteiger partial charge in [0.2, 0.25) is 5.91 Å². The Morgan fingerprint density at radius 3 is 2.11 bits per heavy atom. The molecule has 0 aliphatic heterocycles. The summed E-state index contributed by atoms with van der Waals surface area (Å²) < 4.78 is 5.66. The first kappa shape index (κ1) is 18.6. The minimum atomic E-state index is 0.0285. The largest absolute Gasteiger partial charge is 0.491 e. The molecule has 1 aromatic carbocycles. The highest BCUT2D eigenvalue weighted by atomic mass is 16.5. The van der Waals surface area contributed by atoms with Crippen LogP contribution in [-0.2, 0) is 4.79 Å². The van der Waals surface area contributed by atoms with Crippen LogP contribution in [0.1, 0.15) is 64.9 Å². The third kappa shape index (κ3) is 4.07. The smallest absolute Gasteiger partial charge is 0.244 e. The number of carbonyl (C=O) groups excluding carboxylic acids is 1. The molecular weight excluding hydrogens is 334 g/mol. The number of hydrogen-bond acceptors (Lipinski definition) is 2. The van der Waals surface area contributed by atoms with Crippen LogP contribution < -0.4 is 10.1 Å². The molecule has 0 radical (unpaired) electrons. The molecule has 4 fully saturated rings. The Labute approximate surface area is 163 Å². The van der Waals surface area contributed by atoms with Crippen LogP contribution in [-0.4, -0.2) is 18.1 Å². The van der Waals surface area contributed by atoms with Crippen LogP contribution >= 0.6 is 0 Å². The van der Waals surface area contributed by atoms with Crippen molar-refractivity contribution in [2.45, 2.75) is 71.4 Å². The second-order valence-electron chi connectivity index (χ2n) is 9.58. The topological polar surface area (TPSA) is 38.3 Å². The Kier molecular flexibility index (Phi) is 5.05. The SMILES string of the molecule is CC(C)Oc1ccc(/C=C/C(=O)N[C@H](C)C23CC4CC(CC(C4)C2)C3)cc1. The zero-order valence-electron chi connectivity index (χ0n) is 16.9. The third-order valence-corrected chi connectivity index (χ3v) is 7.04. The van der Waals surface area contributed by atoms with E-state index in [1.54, 1.807) is 6.08 Å². The maximum absolute atomic E-state index is 12.5. The summed E-state index contributed by atoms with van der Waals surface area (Å²) in [5, 5.41) is 3.29. The fourth-order valence-electron chi connectivity index (χ4n) is 6.22. The molecule has 3 nitrogen and oxygen atoms in total. The van der Waals surface area contributed by atoms with Gasteiger partial charge in [0.15, 0.2) is 0 Å². The van der Waals surface area contributed by atoms with Gasteiger partial charge in [0.25, 0.3) is 0 Å². The first-order chi connectivity index (χ1) is 12.9. The first-order valence-electron chi connectivity index (χ1n) is 10.7. The molecule has 4 bridgehead atoms. The second kappa shape index (κ2) is 7.33. The summed E-state index contributed by atoms with van der Waals surface area (Å²) in [5.74, 6) is 3.64. The van der Waals surface area contributed by atoms with E-state index in [-0.39, 0.29) is 18.1 Å². The third-order valence-electron chi connectivity index (χ3n) is 7.04. The molecule has 146 valence electrons. The Morgan fingerprint density at radius 1 is 1.04 bits per heavy atom. The number of ether oxygens (including phenoxy) is 1. The zero-order chi connectivity index (χ0) is 19.0. The van der Waals surface area contributed by atoms with Crippen molar-refractivity contribution in [1.29, 1.82) is 0 Å². The van der Waals surface area contributed by atoms with Crippen molar-refractivity contribution in [3.63, 3.8) is 0 Å². The average molecular weight is 368 g/mol. The molecule has 0 unspecified atom stereocenters. The van der Waals surface area contributed by atoms with E-state index in [0.29, 0.717) is 5.41 Å². The molecule has 3 heteroatoms. The molecule has 1 aromatic rings. The molecule has 0 aromatic heterocycles. The van der Waals surface area contributed by atoms with Crippen LogP contribution in [0.4, 0.5) is 0 Å². The highest BCUT2D eigenvalue weighted by molar-refractivity contribution is 5.91. The fraction of sp³-hybridized carbons (Fsp3) is 0.625. The second-order valence-corrected chi connectivity index (χ2v) is 9.58. The van der Waals surface area contributed by atoms with Crippen molar-refractivity contribution >= 4 is 12.0 Å². The summed E-state index contributed by atoms with van der Waals surface area (Å²) in [6, 6.07) is 8.16. The van der Waals surface area contributed by atoms with E-state index in [2.05, 4.69) is 12.2 Å². The zero-order valence-corrected chi connectivity index (χ0v) is 16.9. The quantitative estimate of drug-likeness (QED) is 0.701. The van der Waals surface area contributed by atoms with Crippen molar-refractivity contribution < 1.29 is 9.53 Å². The van der Waals surface area contributed by atoms with Crippen LogP contribution in [0.15, 0.2) is 30.3 Å². The van der Waals surface area contributed by atoms with E-state index in [4.69, 9.17) is 4.74 Å². The monoisotopic (exact) mass is 367 g/mol. The van der Waals surface area contributed by atoms with Crippen LogP contribution in [0.3, 0.4) is 0 Å². The van der Waals surface area contributed by atoms with Crippen molar-refractivity contribution in [3.05, 3.63) is 35.9 Å². The van der Waals surface area contributed by atoms with Crippen LogP contribution in [0, 0.1) is 23.2 Å². The highest BCUT2D eigenvalue weighted by Crippen LogP contribution is 2.61. The van der Waals surface area contributed by atoms with Gasteiger partial charge in [0.05, 0.1) is 6.10 Å². The van der Waals surface area contributed by atoms with E-state index in [1.165, 1.54) is 38.5 Å². The van der Waals surface area contributed by atoms with Gasteiger partial charge in [-0.05, 0) is 106 Å². The molecule has 4 saturated carbocycles. The number of rotatable bonds is 6. The van der Waals surface area contributed by atoms with Gasteiger partial charge in [0, 0.05) is 12.1 Å². The molecule has 0 spiro atoms. The molecule has 5 rings (SSSR count). The van der Waals surface area contributed by atoms with Crippen LogP contribution in [0.25, 0.3) is 6.08 Å². The van der Waals surface area contributed by atoms with E-state index in [9.17, 15) is 4.79 Å². The molecule has 27 heavy (non-hydrogen) atoms. The van der Waals surface area contributed by atoms with Gasteiger partial charge >= 0.3 is 0 Å². The van der Waals surface area contributed by atoms with E-state index < -0.39 is 0 Å². The Bertz CT molecular complexity index is 668. The maximum atomic E-state index is 12.5. The van der Waals surface area contributed by atoms with Gasteiger partial charge in [-0.2, -0.15) is 0 Å².